The van der Waals surface area contributed by atoms with Crippen molar-refractivity contribution in [1.82, 2.24) is 0 Å². The molecule has 0 saturated heterocycles. The van der Waals surface area contributed by atoms with E-state index in [0.717, 1.165) is 38.5 Å². The van der Waals surface area contributed by atoms with Crippen LogP contribution in [0.3, 0.4) is 0 Å². The van der Waals surface area contributed by atoms with E-state index in [1.54, 1.807) is 0 Å². The summed E-state index contributed by atoms with van der Waals surface area (Å²) in [5, 5.41) is 10.2. The highest BCUT2D eigenvalue weighted by Gasteiger charge is 2.24. The van der Waals surface area contributed by atoms with Crippen LogP contribution in [0, 0.1) is 0 Å². The lowest BCUT2D eigenvalue weighted by molar-refractivity contribution is 0.0202. The van der Waals surface area contributed by atoms with Gasteiger partial charge in [0.25, 0.3) is 0 Å². The number of aliphatic hydroxyl groups excluding tert-OH is 1. The Morgan fingerprint density at radius 3 is 1.62 bits per heavy atom. The molecule has 2 atom stereocenters. The molecule has 0 aromatic heterocycles. The van der Waals surface area contributed by atoms with Gasteiger partial charge in [0, 0.05) is 0 Å². The molecular weight excluding hydrogens is 328 g/mol. The van der Waals surface area contributed by atoms with E-state index in [4.69, 9.17) is 8.74 Å². The van der Waals surface area contributed by atoms with Crippen molar-refractivity contribution in [3.05, 3.63) is 0 Å². The van der Waals surface area contributed by atoms with E-state index in [0.29, 0.717) is 12.8 Å². The summed E-state index contributed by atoms with van der Waals surface area (Å²) in [5.41, 5.74) is 0. The molecule has 24 heavy (non-hydrogen) atoms. The van der Waals surface area contributed by atoms with Crippen LogP contribution in [0.4, 0.5) is 0 Å². The van der Waals surface area contributed by atoms with Gasteiger partial charge in [-0.25, -0.2) is 4.18 Å². The normalized spacial score (nSPS) is 14.7. The average molecular weight is 367 g/mol. The maximum Gasteiger partial charge on any atom is 0.397 e. The summed E-state index contributed by atoms with van der Waals surface area (Å²) in [6.07, 6.45) is 12.5. The lowest BCUT2D eigenvalue weighted by Crippen LogP contribution is -2.31. The smallest absolute Gasteiger partial charge is 0.390 e. The van der Waals surface area contributed by atoms with E-state index in [9.17, 15) is 13.5 Å². The molecule has 0 radical (unpaired) electrons. The van der Waals surface area contributed by atoms with E-state index in [2.05, 4.69) is 13.8 Å². The van der Waals surface area contributed by atoms with E-state index >= 15 is 0 Å². The van der Waals surface area contributed by atoms with Crippen molar-refractivity contribution in [3.8, 4) is 0 Å². The van der Waals surface area contributed by atoms with Gasteiger partial charge >= 0.3 is 10.4 Å². The Balaban J connectivity index is 4.08. The number of unbranched alkanes of at least 4 members (excludes halogenated alkanes) is 10. The number of aliphatic hydroxyl groups is 1. The number of rotatable bonds is 17. The Labute approximate surface area is 149 Å². The maximum absolute atomic E-state index is 11.0. The Hall–Kier alpha value is -0.170. The van der Waals surface area contributed by atoms with Gasteiger partial charge in [-0.1, -0.05) is 90.9 Å². The first kappa shape index (κ1) is 23.8. The molecule has 2 N–H and O–H groups in total. The summed E-state index contributed by atoms with van der Waals surface area (Å²) >= 11 is 0. The standard InChI is InChI=1S/C18H38O5S/c1-3-5-7-9-11-13-15-17(19)18(23-24(20,21)22)16-14-12-10-8-6-4-2/h17-19H,3-16H2,1-2H3,(H,20,21,22). The lowest BCUT2D eigenvalue weighted by atomic mass is 9.99. The van der Waals surface area contributed by atoms with Gasteiger partial charge in [0.1, 0.15) is 6.10 Å². The third kappa shape index (κ3) is 15.4. The monoisotopic (exact) mass is 366 g/mol. The van der Waals surface area contributed by atoms with Crippen molar-refractivity contribution in [2.24, 2.45) is 0 Å². The molecule has 0 aromatic rings. The molecule has 0 fully saturated rings. The fourth-order valence-electron chi connectivity index (χ4n) is 2.91. The number of hydrogen-bond acceptors (Lipinski definition) is 4. The lowest BCUT2D eigenvalue weighted by Gasteiger charge is -2.21. The molecular formula is C18H38O5S. The van der Waals surface area contributed by atoms with E-state index in [1.807, 2.05) is 0 Å². The zero-order valence-corrected chi connectivity index (χ0v) is 16.4. The largest absolute Gasteiger partial charge is 0.397 e. The summed E-state index contributed by atoms with van der Waals surface area (Å²) in [4.78, 5) is 0. The Kier molecular flexibility index (Phi) is 15.0. The van der Waals surface area contributed by atoms with Gasteiger partial charge in [0.05, 0.1) is 6.10 Å². The second-order valence-electron chi connectivity index (χ2n) is 6.74. The minimum absolute atomic E-state index is 0.461. The highest BCUT2D eigenvalue weighted by Crippen LogP contribution is 2.18. The summed E-state index contributed by atoms with van der Waals surface area (Å²) < 4.78 is 35.6. The first-order valence-corrected chi connectivity index (χ1v) is 11.1. The second kappa shape index (κ2) is 15.1. The van der Waals surface area contributed by atoms with Crippen LogP contribution in [0.2, 0.25) is 0 Å². The summed E-state index contributed by atoms with van der Waals surface area (Å²) in [7, 11) is -4.52. The van der Waals surface area contributed by atoms with Crippen molar-refractivity contribution in [2.75, 3.05) is 0 Å². The molecule has 0 spiro atoms. The highest BCUT2D eigenvalue weighted by atomic mass is 32.3. The van der Waals surface area contributed by atoms with Crippen molar-refractivity contribution in [2.45, 2.75) is 116 Å². The zero-order valence-electron chi connectivity index (χ0n) is 15.6. The van der Waals surface area contributed by atoms with Crippen LogP contribution in [0.15, 0.2) is 0 Å². The third-order valence-electron chi connectivity index (χ3n) is 4.37. The molecule has 0 rings (SSSR count). The van der Waals surface area contributed by atoms with Crippen LogP contribution in [-0.4, -0.2) is 30.3 Å². The summed E-state index contributed by atoms with van der Waals surface area (Å²) in [5.74, 6) is 0. The van der Waals surface area contributed by atoms with Gasteiger partial charge in [-0.2, -0.15) is 8.42 Å². The first-order chi connectivity index (χ1) is 11.4. The molecule has 0 bridgehead atoms. The number of hydrogen-bond donors (Lipinski definition) is 2. The van der Waals surface area contributed by atoms with Crippen LogP contribution in [0.5, 0.6) is 0 Å². The van der Waals surface area contributed by atoms with Gasteiger partial charge in [-0.3, -0.25) is 4.55 Å². The fourth-order valence-corrected chi connectivity index (χ4v) is 3.44. The predicted octanol–water partition coefficient (Wildman–Crippen LogP) is 5.04. The maximum atomic E-state index is 11.0. The van der Waals surface area contributed by atoms with Gasteiger partial charge in [0.2, 0.25) is 0 Å². The topological polar surface area (TPSA) is 83.8 Å². The van der Waals surface area contributed by atoms with Crippen LogP contribution >= 0.6 is 0 Å². The third-order valence-corrected chi connectivity index (χ3v) is 4.86. The highest BCUT2D eigenvalue weighted by molar-refractivity contribution is 7.80. The van der Waals surface area contributed by atoms with Gasteiger partial charge < -0.3 is 5.11 Å². The fraction of sp³-hybridized carbons (Fsp3) is 1.00. The molecule has 5 nitrogen and oxygen atoms in total. The molecule has 146 valence electrons. The van der Waals surface area contributed by atoms with Crippen molar-refractivity contribution < 1.29 is 22.3 Å². The molecule has 0 aliphatic heterocycles. The van der Waals surface area contributed by atoms with Crippen LogP contribution in [0.1, 0.15) is 104 Å². The molecule has 0 heterocycles. The van der Waals surface area contributed by atoms with Crippen LogP contribution in [-0.2, 0) is 14.6 Å². The Morgan fingerprint density at radius 2 is 1.17 bits per heavy atom. The first-order valence-electron chi connectivity index (χ1n) is 9.74. The quantitative estimate of drug-likeness (QED) is 0.278. The Morgan fingerprint density at radius 1 is 0.750 bits per heavy atom. The Bertz CT molecular complexity index is 370. The summed E-state index contributed by atoms with van der Waals surface area (Å²) in [6, 6.07) is 0. The molecule has 2 unspecified atom stereocenters. The zero-order chi connectivity index (χ0) is 18.3. The van der Waals surface area contributed by atoms with Crippen molar-refractivity contribution in [3.63, 3.8) is 0 Å². The van der Waals surface area contributed by atoms with Crippen molar-refractivity contribution in [1.29, 1.82) is 0 Å². The predicted molar refractivity (Wildman–Crippen MR) is 98.4 cm³/mol. The average Bonchev–Trinajstić information content (AvgIpc) is 2.51. The van der Waals surface area contributed by atoms with E-state index < -0.39 is 22.6 Å². The van der Waals surface area contributed by atoms with Crippen LogP contribution < -0.4 is 0 Å². The SMILES string of the molecule is CCCCCCCCC(O)C(CCCCCCCC)OS(=O)(=O)O. The van der Waals surface area contributed by atoms with Crippen molar-refractivity contribution >= 4 is 10.4 Å². The minimum atomic E-state index is -4.52. The van der Waals surface area contributed by atoms with E-state index in [-0.39, 0.29) is 0 Å². The van der Waals surface area contributed by atoms with Crippen LogP contribution in [0.25, 0.3) is 0 Å². The van der Waals surface area contributed by atoms with E-state index in [1.165, 1.54) is 38.5 Å². The minimum Gasteiger partial charge on any atom is -0.390 e. The second-order valence-corrected chi connectivity index (χ2v) is 7.79. The van der Waals surface area contributed by atoms with Gasteiger partial charge in [-0.05, 0) is 12.8 Å². The van der Waals surface area contributed by atoms with Gasteiger partial charge in [0.15, 0.2) is 0 Å². The molecule has 6 heteroatoms. The molecule has 0 aliphatic rings. The molecule has 0 aliphatic carbocycles. The molecule has 0 aromatic carbocycles. The molecule has 0 amide bonds. The summed E-state index contributed by atoms with van der Waals surface area (Å²) in [6.45, 7) is 4.33. The van der Waals surface area contributed by atoms with Gasteiger partial charge in [-0.15, -0.1) is 0 Å². The molecule has 0 saturated carbocycles.